The van der Waals surface area contributed by atoms with Crippen molar-refractivity contribution in [1.82, 2.24) is 34.2 Å². The number of carbonyl (C=O) groups is 4. The van der Waals surface area contributed by atoms with E-state index in [9.17, 15) is 24.0 Å². The second-order valence-electron chi connectivity index (χ2n) is 17.6. The van der Waals surface area contributed by atoms with Crippen LogP contribution in [0.15, 0.2) is 83.8 Å². The fourth-order valence-electron chi connectivity index (χ4n) is 10.2. The first kappa shape index (κ1) is 41.5. The lowest BCUT2D eigenvalue weighted by atomic mass is 9.84. The first-order valence-electron chi connectivity index (χ1n) is 22.2. The fraction of sp³-hybridized carbons (Fsp3) is 0.438. The van der Waals surface area contributed by atoms with Gasteiger partial charge in [0.25, 0.3) is 0 Å². The lowest BCUT2D eigenvalue weighted by Crippen LogP contribution is -2.45. The van der Waals surface area contributed by atoms with Crippen LogP contribution in [0.5, 0.6) is 0 Å². The minimum atomic E-state index is -0.716. The molecule has 1 saturated carbocycles. The van der Waals surface area contributed by atoms with E-state index in [1.54, 1.807) is 17.8 Å². The van der Waals surface area contributed by atoms with E-state index >= 15 is 0 Å². The Morgan fingerprint density at radius 3 is 2.32 bits per heavy atom. The van der Waals surface area contributed by atoms with Gasteiger partial charge >= 0.3 is 5.69 Å². The van der Waals surface area contributed by atoms with Gasteiger partial charge in [-0.2, -0.15) is 0 Å². The molecule has 5 aromatic rings. The highest BCUT2D eigenvalue weighted by molar-refractivity contribution is 6.33. The number of aromatic nitrogens is 4. The zero-order chi connectivity index (χ0) is 42.9. The molecule has 5 heterocycles. The minimum Gasteiger partial charge on any atom is -0.351 e. The Hall–Kier alpha value is -5.82. The van der Waals surface area contributed by atoms with Crippen molar-refractivity contribution in [3.05, 3.63) is 100 Å². The van der Waals surface area contributed by atoms with Gasteiger partial charge in [0.05, 0.1) is 27.9 Å². The topological polar surface area (TPSA) is 152 Å². The smallest absolute Gasteiger partial charge is 0.329 e. The molecule has 4 fully saturated rings. The van der Waals surface area contributed by atoms with E-state index in [1.807, 2.05) is 58.3 Å². The monoisotopic (exact) mass is 856 g/mol. The van der Waals surface area contributed by atoms with Crippen LogP contribution in [-0.2, 0) is 26.2 Å². The Morgan fingerprint density at radius 1 is 0.806 bits per heavy atom. The Morgan fingerprint density at radius 2 is 1.55 bits per heavy atom. The summed E-state index contributed by atoms with van der Waals surface area (Å²) in [4.78, 5) is 78.3. The third-order valence-electron chi connectivity index (χ3n) is 13.7. The number of hydrogen-bond acceptors (Lipinski definition) is 8. The van der Waals surface area contributed by atoms with Crippen molar-refractivity contribution in [2.24, 2.45) is 18.9 Å². The number of amides is 4. The van der Waals surface area contributed by atoms with Crippen molar-refractivity contribution in [3.8, 4) is 22.4 Å². The maximum Gasteiger partial charge on any atom is 0.329 e. The van der Waals surface area contributed by atoms with Gasteiger partial charge in [-0.25, -0.2) is 14.8 Å². The van der Waals surface area contributed by atoms with E-state index in [0.717, 1.165) is 79.1 Å². The van der Waals surface area contributed by atoms with Crippen LogP contribution in [0.1, 0.15) is 88.2 Å². The lowest BCUT2D eigenvalue weighted by molar-refractivity contribution is -0.139. The average Bonchev–Trinajstić information content (AvgIpc) is 3.55. The molecule has 3 aromatic carbocycles. The number of piperidine rings is 3. The summed E-state index contributed by atoms with van der Waals surface area (Å²) in [5.41, 5.74) is 6.05. The standard InChI is InChI=1S/C48H53ClN8O5/c1-54-41-28-34(13-14-39(41)57(48(54)62)40-15-16-42(58)52-45(40)60)32-19-23-55(24-20-32)43(59)25-30-17-21-56(22-18-30)46(61)36-11-6-12-37(27-36)51-47-50-29-38(49)44(53-47)35-10-5-9-33(26-35)31-7-3-2-4-8-31/h2-5,7-10,13-14,26,28-30,32,36-37,40H,6,11-12,15-25,27H2,1H3,(H,50,51,53)(H,52,58,60). The number of carbonyl (C=O) groups excluding carboxylic acids is 4. The molecule has 9 rings (SSSR count). The van der Waals surface area contributed by atoms with Crippen molar-refractivity contribution < 1.29 is 19.2 Å². The average molecular weight is 857 g/mol. The van der Waals surface area contributed by atoms with E-state index in [1.165, 1.54) is 4.57 Å². The Balaban J connectivity index is 0.744. The van der Waals surface area contributed by atoms with E-state index in [0.29, 0.717) is 61.2 Å². The molecule has 62 heavy (non-hydrogen) atoms. The number of fused-ring (bicyclic) bond motifs is 1. The van der Waals surface area contributed by atoms with E-state index in [-0.39, 0.29) is 53.6 Å². The second-order valence-corrected chi connectivity index (χ2v) is 18.0. The highest BCUT2D eigenvalue weighted by atomic mass is 35.5. The van der Waals surface area contributed by atoms with Crippen LogP contribution in [0.2, 0.25) is 5.02 Å². The van der Waals surface area contributed by atoms with Gasteiger partial charge in [0.2, 0.25) is 29.6 Å². The van der Waals surface area contributed by atoms with Crippen LogP contribution in [0.3, 0.4) is 0 Å². The molecule has 3 unspecified atom stereocenters. The van der Waals surface area contributed by atoms with Crippen LogP contribution in [0.25, 0.3) is 33.4 Å². The number of imide groups is 1. The highest BCUT2D eigenvalue weighted by Crippen LogP contribution is 2.35. The summed E-state index contributed by atoms with van der Waals surface area (Å²) >= 11 is 6.63. The summed E-state index contributed by atoms with van der Waals surface area (Å²) in [7, 11) is 1.71. The summed E-state index contributed by atoms with van der Waals surface area (Å²) < 4.78 is 3.08. The van der Waals surface area contributed by atoms with Gasteiger partial charge in [-0.05, 0) is 98.1 Å². The second kappa shape index (κ2) is 17.9. The first-order valence-corrected chi connectivity index (χ1v) is 22.5. The van der Waals surface area contributed by atoms with Gasteiger partial charge in [0.1, 0.15) is 6.04 Å². The van der Waals surface area contributed by atoms with Gasteiger partial charge in [-0.3, -0.25) is 33.6 Å². The van der Waals surface area contributed by atoms with E-state index in [4.69, 9.17) is 16.6 Å². The summed E-state index contributed by atoms with van der Waals surface area (Å²) in [5.74, 6) is 0.594. The molecular formula is C48H53ClN8O5. The normalized spacial score (nSPS) is 21.5. The molecule has 3 aliphatic heterocycles. The number of benzene rings is 3. The minimum absolute atomic E-state index is 0.0640. The number of aryl methyl sites for hydroxylation is 1. The van der Waals surface area contributed by atoms with Gasteiger partial charge in [-0.1, -0.05) is 72.6 Å². The summed E-state index contributed by atoms with van der Waals surface area (Å²) in [6.07, 6.45) is 9.43. The predicted molar refractivity (Wildman–Crippen MR) is 238 cm³/mol. The molecule has 0 bridgehead atoms. The number of hydrogen-bond donors (Lipinski definition) is 2. The fourth-order valence-corrected chi connectivity index (χ4v) is 10.4. The highest BCUT2D eigenvalue weighted by Gasteiger charge is 2.35. The molecule has 2 aromatic heterocycles. The number of rotatable bonds is 9. The molecule has 0 radical (unpaired) electrons. The molecule has 13 nitrogen and oxygen atoms in total. The predicted octanol–water partition coefficient (Wildman–Crippen LogP) is 7.10. The number of halogens is 1. The molecule has 3 atom stereocenters. The number of imidazole rings is 1. The Kier molecular flexibility index (Phi) is 12.0. The van der Waals surface area contributed by atoms with Crippen molar-refractivity contribution in [2.45, 2.75) is 88.6 Å². The third-order valence-corrected chi connectivity index (χ3v) is 14.0. The maximum absolute atomic E-state index is 13.8. The van der Waals surface area contributed by atoms with Gasteiger partial charge in [0.15, 0.2) is 0 Å². The SMILES string of the molecule is Cn1c(=O)n(C2CCC(=O)NC2=O)c2ccc(C3CCN(C(=O)CC4CCN(C(=O)C5CCCC(Nc6ncc(Cl)c(-c7cccc(-c8ccccc8)c7)n6)C5)CC4)CC3)cc21. The van der Waals surface area contributed by atoms with Gasteiger partial charge in [-0.15, -0.1) is 0 Å². The van der Waals surface area contributed by atoms with Crippen molar-refractivity contribution in [3.63, 3.8) is 0 Å². The summed E-state index contributed by atoms with van der Waals surface area (Å²) in [5, 5.41) is 6.37. The molecular weight excluding hydrogens is 804 g/mol. The van der Waals surface area contributed by atoms with Crippen LogP contribution >= 0.6 is 11.6 Å². The molecule has 14 heteroatoms. The zero-order valence-corrected chi connectivity index (χ0v) is 35.9. The number of anilines is 1. The Labute approximate surface area is 365 Å². The molecule has 3 saturated heterocycles. The number of nitrogens with zero attached hydrogens (tertiary/aromatic N) is 6. The first-order chi connectivity index (χ1) is 30.1. The van der Waals surface area contributed by atoms with Crippen molar-refractivity contribution in [1.29, 1.82) is 0 Å². The summed E-state index contributed by atoms with van der Waals surface area (Å²) in [6.45, 7) is 2.70. The summed E-state index contributed by atoms with van der Waals surface area (Å²) in [6, 6.07) is 23.7. The third kappa shape index (κ3) is 8.64. The van der Waals surface area contributed by atoms with Crippen molar-refractivity contribution >= 4 is 52.2 Å². The number of likely N-dealkylation sites (tertiary alicyclic amines) is 2. The van der Waals surface area contributed by atoms with Crippen LogP contribution in [0.4, 0.5) is 5.95 Å². The van der Waals surface area contributed by atoms with E-state index < -0.39 is 11.9 Å². The largest absolute Gasteiger partial charge is 0.351 e. The van der Waals surface area contributed by atoms with Gasteiger partial charge in [0, 0.05) is 63.6 Å². The molecule has 4 amide bonds. The lowest BCUT2D eigenvalue weighted by Gasteiger charge is -2.37. The quantitative estimate of drug-likeness (QED) is 0.149. The van der Waals surface area contributed by atoms with Crippen LogP contribution in [0, 0.1) is 11.8 Å². The van der Waals surface area contributed by atoms with E-state index in [2.05, 4.69) is 39.9 Å². The molecule has 1 aliphatic carbocycles. The molecule has 4 aliphatic rings. The molecule has 2 N–H and O–H groups in total. The zero-order valence-electron chi connectivity index (χ0n) is 35.1. The van der Waals surface area contributed by atoms with Crippen LogP contribution in [-0.4, -0.2) is 84.8 Å². The molecule has 322 valence electrons. The van der Waals surface area contributed by atoms with Gasteiger partial charge < -0.3 is 15.1 Å². The molecule has 0 spiro atoms. The van der Waals surface area contributed by atoms with Crippen LogP contribution < -0.4 is 16.3 Å². The maximum atomic E-state index is 13.8. The van der Waals surface area contributed by atoms with Crippen molar-refractivity contribution in [2.75, 3.05) is 31.5 Å². The Bertz CT molecular complexity index is 2560. The number of nitrogens with one attached hydrogen (secondary N) is 2.